The van der Waals surface area contributed by atoms with Gasteiger partial charge in [-0.3, -0.25) is 4.79 Å². The topological polar surface area (TPSA) is 74.2 Å². The lowest BCUT2D eigenvalue weighted by Gasteiger charge is -2.36. The van der Waals surface area contributed by atoms with Crippen LogP contribution in [0, 0.1) is 0 Å². The number of fused-ring (bicyclic) bond motifs is 1. The number of hydrogen-bond donors (Lipinski definition) is 1. The molecule has 0 spiro atoms. The van der Waals surface area contributed by atoms with Gasteiger partial charge in [-0.25, -0.2) is 15.0 Å². The van der Waals surface area contributed by atoms with Crippen LogP contribution in [0.2, 0.25) is 0 Å². The molecule has 30 heavy (non-hydrogen) atoms. The fraction of sp³-hybridized carbons (Fsp3) is 0.182. The first-order valence-electron chi connectivity index (χ1n) is 9.80. The lowest BCUT2D eigenvalue weighted by atomic mass is 10.2. The molecule has 150 valence electrons. The summed E-state index contributed by atoms with van der Waals surface area (Å²) >= 11 is 1.37. The molecule has 1 amide bonds. The molecule has 5 rings (SSSR count). The normalized spacial score (nSPS) is 14.1. The van der Waals surface area contributed by atoms with Crippen molar-refractivity contribution in [2.45, 2.75) is 0 Å². The van der Waals surface area contributed by atoms with Gasteiger partial charge in [0.25, 0.3) is 5.91 Å². The molecule has 0 unspecified atom stereocenters. The van der Waals surface area contributed by atoms with Gasteiger partial charge in [0.2, 0.25) is 5.95 Å². The Kier molecular flexibility index (Phi) is 4.98. The molecular formula is C22H20N6OS. The Morgan fingerprint density at radius 3 is 2.27 bits per heavy atom. The molecule has 3 heterocycles. The zero-order valence-electron chi connectivity index (χ0n) is 16.2. The number of carbonyl (C=O) groups excluding carboxylic acids is 1. The third-order valence-electron chi connectivity index (χ3n) is 5.07. The maximum absolute atomic E-state index is 12.5. The number of carbonyl (C=O) groups is 1. The maximum Gasteiger partial charge on any atom is 0.284 e. The number of anilines is 3. The van der Waals surface area contributed by atoms with Crippen molar-refractivity contribution in [1.82, 2.24) is 15.0 Å². The lowest BCUT2D eigenvalue weighted by molar-refractivity contribution is 0.102. The van der Waals surface area contributed by atoms with Gasteiger partial charge in [0.1, 0.15) is 0 Å². The molecule has 0 atom stereocenters. The van der Waals surface area contributed by atoms with Crippen LogP contribution in [0.3, 0.4) is 0 Å². The molecule has 4 aromatic rings. The van der Waals surface area contributed by atoms with E-state index in [0.717, 1.165) is 36.4 Å². The number of benzene rings is 2. The SMILES string of the molecule is O=C(Nc1cnc(N2CCN(c3ccccc3)CC2)nc1)c1nc2ccccc2s1. The monoisotopic (exact) mass is 416 g/mol. The Morgan fingerprint density at radius 1 is 0.867 bits per heavy atom. The summed E-state index contributed by atoms with van der Waals surface area (Å²) < 4.78 is 0.990. The van der Waals surface area contributed by atoms with Crippen LogP contribution in [0.25, 0.3) is 10.2 Å². The summed E-state index contributed by atoms with van der Waals surface area (Å²) in [6.07, 6.45) is 3.30. The molecule has 0 radical (unpaired) electrons. The van der Waals surface area contributed by atoms with E-state index >= 15 is 0 Å². The van der Waals surface area contributed by atoms with Gasteiger partial charge in [-0.2, -0.15) is 0 Å². The average molecular weight is 417 g/mol. The quantitative estimate of drug-likeness (QED) is 0.547. The van der Waals surface area contributed by atoms with Crippen molar-refractivity contribution < 1.29 is 4.79 Å². The second-order valence-corrected chi connectivity index (χ2v) is 8.05. The van der Waals surface area contributed by atoms with E-state index in [1.807, 2.05) is 30.3 Å². The first kappa shape index (κ1) is 18.5. The van der Waals surface area contributed by atoms with Gasteiger partial charge in [0.05, 0.1) is 28.3 Å². The highest BCUT2D eigenvalue weighted by atomic mass is 32.1. The predicted octanol–water partition coefficient (Wildman–Crippen LogP) is 3.67. The first-order chi connectivity index (χ1) is 14.8. The predicted molar refractivity (Wildman–Crippen MR) is 120 cm³/mol. The summed E-state index contributed by atoms with van der Waals surface area (Å²) in [6.45, 7) is 3.55. The van der Waals surface area contributed by atoms with Crippen LogP contribution in [-0.4, -0.2) is 47.0 Å². The molecular weight excluding hydrogens is 396 g/mol. The summed E-state index contributed by atoms with van der Waals surface area (Å²) in [4.78, 5) is 30.3. The van der Waals surface area contributed by atoms with Crippen LogP contribution in [0.4, 0.5) is 17.3 Å². The number of amides is 1. The summed E-state index contributed by atoms with van der Waals surface area (Å²) in [5.41, 5.74) is 2.63. The second kappa shape index (κ2) is 8.08. The van der Waals surface area contributed by atoms with Gasteiger partial charge in [-0.15, -0.1) is 11.3 Å². The van der Waals surface area contributed by atoms with Crippen LogP contribution in [0.1, 0.15) is 9.80 Å². The fourth-order valence-corrected chi connectivity index (χ4v) is 4.37. The van der Waals surface area contributed by atoms with Crippen molar-refractivity contribution in [2.75, 3.05) is 41.3 Å². The number of hydrogen-bond acceptors (Lipinski definition) is 7. The number of piperazine rings is 1. The second-order valence-electron chi connectivity index (χ2n) is 7.02. The van der Waals surface area contributed by atoms with Crippen LogP contribution in [0.15, 0.2) is 67.0 Å². The lowest BCUT2D eigenvalue weighted by Crippen LogP contribution is -2.47. The Labute approximate surface area is 178 Å². The van der Waals surface area contributed by atoms with Gasteiger partial charge < -0.3 is 15.1 Å². The summed E-state index contributed by atoms with van der Waals surface area (Å²) in [6, 6.07) is 18.1. The standard InChI is InChI=1S/C22H20N6OS/c29-20(21-26-18-8-4-5-9-19(18)30-21)25-16-14-23-22(24-15-16)28-12-10-27(11-13-28)17-6-2-1-3-7-17/h1-9,14-15H,10-13H2,(H,25,29). The molecule has 1 saturated heterocycles. The molecule has 0 aliphatic carbocycles. The zero-order valence-corrected chi connectivity index (χ0v) is 17.0. The third-order valence-corrected chi connectivity index (χ3v) is 6.10. The highest BCUT2D eigenvalue weighted by molar-refractivity contribution is 7.20. The van der Waals surface area contributed by atoms with E-state index in [9.17, 15) is 4.79 Å². The number of para-hydroxylation sites is 2. The maximum atomic E-state index is 12.5. The molecule has 1 aliphatic heterocycles. The summed E-state index contributed by atoms with van der Waals surface area (Å²) in [5, 5.41) is 3.26. The van der Waals surface area contributed by atoms with E-state index in [2.05, 4.69) is 54.3 Å². The largest absolute Gasteiger partial charge is 0.368 e. The number of nitrogens with one attached hydrogen (secondary N) is 1. The molecule has 0 bridgehead atoms. The number of aromatic nitrogens is 3. The fourth-order valence-electron chi connectivity index (χ4n) is 3.51. The van der Waals surface area contributed by atoms with E-state index in [0.29, 0.717) is 16.6 Å². The Bertz CT molecular complexity index is 1120. The van der Waals surface area contributed by atoms with Crippen LogP contribution in [0.5, 0.6) is 0 Å². The van der Waals surface area contributed by atoms with Gasteiger partial charge in [0.15, 0.2) is 5.01 Å². The summed E-state index contributed by atoms with van der Waals surface area (Å²) in [5.74, 6) is 0.435. The van der Waals surface area contributed by atoms with Crippen molar-refractivity contribution in [3.8, 4) is 0 Å². The molecule has 8 heteroatoms. The van der Waals surface area contributed by atoms with Crippen LogP contribution in [-0.2, 0) is 0 Å². The number of nitrogens with zero attached hydrogens (tertiary/aromatic N) is 5. The van der Waals surface area contributed by atoms with Gasteiger partial charge in [0, 0.05) is 31.9 Å². The van der Waals surface area contributed by atoms with Crippen molar-refractivity contribution in [3.63, 3.8) is 0 Å². The third kappa shape index (κ3) is 3.81. The minimum absolute atomic E-state index is 0.246. The highest BCUT2D eigenvalue weighted by Crippen LogP contribution is 2.23. The van der Waals surface area contributed by atoms with E-state index in [4.69, 9.17) is 0 Å². The minimum atomic E-state index is -0.246. The van der Waals surface area contributed by atoms with E-state index in [-0.39, 0.29) is 5.91 Å². The molecule has 7 nitrogen and oxygen atoms in total. The van der Waals surface area contributed by atoms with E-state index in [1.165, 1.54) is 17.0 Å². The van der Waals surface area contributed by atoms with Crippen LogP contribution < -0.4 is 15.1 Å². The molecule has 1 N–H and O–H groups in total. The first-order valence-corrected chi connectivity index (χ1v) is 10.6. The molecule has 1 fully saturated rings. The molecule has 1 aliphatic rings. The zero-order chi connectivity index (χ0) is 20.3. The molecule has 2 aromatic carbocycles. The van der Waals surface area contributed by atoms with Crippen molar-refractivity contribution >= 4 is 44.8 Å². The Balaban J connectivity index is 1.21. The van der Waals surface area contributed by atoms with Crippen molar-refractivity contribution in [2.24, 2.45) is 0 Å². The van der Waals surface area contributed by atoms with Gasteiger partial charge >= 0.3 is 0 Å². The number of thiazole rings is 1. The van der Waals surface area contributed by atoms with E-state index in [1.54, 1.807) is 12.4 Å². The van der Waals surface area contributed by atoms with Gasteiger partial charge in [-0.1, -0.05) is 30.3 Å². The average Bonchev–Trinajstić information content (AvgIpc) is 3.25. The smallest absolute Gasteiger partial charge is 0.284 e. The minimum Gasteiger partial charge on any atom is -0.368 e. The van der Waals surface area contributed by atoms with Crippen molar-refractivity contribution in [3.05, 3.63) is 72.0 Å². The Morgan fingerprint density at radius 2 is 1.53 bits per heavy atom. The van der Waals surface area contributed by atoms with Gasteiger partial charge in [-0.05, 0) is 24.3 Å². The summed E-state index contributed by atoms with van der Waals surface area (Å²) in [7, 11) is 0. The molecule has 0 saturated carbocycles. The number of rotatable bonds is 4. The Hall–Kier alpha value is -3.52. The molecule has 2 aromatic heterocycles. The van der Waals surface area contributed by atoms with E-state index < -0.39 is 0 Å². The highest BCUT2D eigenvalue weighted by Gasteiger charge is 2.19. The van der Waals surface area contributed by atoms with Crippen molar-refractivity contribution in [1.29, 1.82) is 0 Å². The van der Waals surface area contributed by atoms with Crippen LogP contribution >= 0.6 is 11.3 Å².